The normalized spacial score (nSPS) is 16.0. The number of carbonyl (C=O) groups is 2. The van der Waals surface area contributed by atoms with Crippen LogP contribution in [-0.4, -0.2) is 41.6 Å². The summed E-state index contributed by atoms with van der Waals surface area (Å²) < 4.78 is 10.2. The van der Waals surface area contributed by atoms with Crippen LogP contribution in [0.5, 0.6) is 0 Å². The van der Waals surface area contributed by atoms with Crippen molar-refractivity contribution in [2.45, 2.75) is 25.9 Å². The van der Waals surface area contributed by atoms with Gasteiger partial charge in [-0.05, 0) is 24.5 Å². The van der Waals surface area contributed by atoms with E-state index < -0.39 is 6.04 Å². The van der Waals surface area contributed by atoms with Crippen LogP contribution in [0.2, 0.25) is 0 Å². The molecule has 2 heterocycles. The maximum atomic E-state index is 12.6. The van der Waals surface area contributed by atoms with Gasteiger partial charge in [0.05, 0.1) is 13.7 Å². The summed E-state index contributed by atoms with van der Waals surface area (Å²) >= 11 is 0. The Bertz CT molecular complexity index is 1060. The zero-order valence-electron chi connectivity index (χ0n) is 16.9. The van der Waals surface area contributed by atoms with Crippen LogP contribution in [0.15, 0.2) is 59.1 Å². The molecule has 1 N–H and O–H groups in total. The molecule has 1 amide bonds. The van der Waals surface area contributed by atoms with Crippen molar-refractivity contribution < 1.29 is 18.8 Å². The highest BCUT2D eigenvalue weighted by Crippen LogP contribution is 2.25. The van der Waals surface area contributed by atoms with Gasteiger partial charge in [-0.2, -0.15) is 0 Å². The van der Waals surface area contributed by atoms with E-state index in [2.05, 4.69) is 10.5 Å². The van der Waals surface area contributed by atoms with Crippen LogP contribution in [0.1, 0.15) is 16.7 Å². The molecule has 0 unspecified atom stereocenters. The molecule has 1 aliphatic rings. The first kappa shape index (κ1) is 19.8. The number of fused-ring (bicyclic) bond motifs is 1. The first-order chi connectivity index (χ1) is 14.5. The van der Waals surface area contributed by atoms with Gasteiger partial charge in [-0.3, -0.25) is 19.8 Å². The van der Waals surface area contributed by atoms with Crippen LogP contribution >= 0.6 is 0 Å². The number of benzene rings is 2. The molecule has 0 fully saturated rings. The number of methoxy groups -OCH3 is 1. The van der Waals surface area contributed by atoms with E-state index in [1.807, 2.05) is 60.4 Å². The number of hydrogen-bond donors (Lipinski definition) is 1. The number of amides is 1. The summed E-state index contributed by atoms with van der Waals surface area (Å²) in [6.45, 7) is 2.54. The second-order valence-corrected chi connectivity index (χ2v) is 7.41. The second kappa shape index (κ2) is 8.51. The maximum absolute atomic E-state index is 12.6. The van der Waals surface area contributed by atoms with Gasteiger partial charge < -0.3 is 9.26 Å². The fourth-order valence-corrected chi connectivity index (χ4v) is 3.67. The minimum absolute atomic E-state index is 0.0364. The van der Waals surface area contributed by atoms with Crippen molar-refractivity contribution in [3.8, 4) is 11.3 Å². The monoisotopic (exact) mass is 405 g/mol. The number of nitrogens with zero attached hydrogens (tertiary/aromatic N) is 2. The Morgan fingerprint density at radius 3 is 2.63 bits per heavy atom. The Kier molecular flexibility index (Phi) is 5.63. The van der Waals surface area contributed by atoms with Crippen molar-refractivity contribution in [2.75, 3.05) is 19.0 Å². The molecule has 7 heteroatoms. The lowest BCUT2D eigenvalue weighted by Gasteiger charge is -2.34. The molecule has 7 nitrogen and oxygen atoms in total. The summed E-state index contributed by atoms with van der Waals surface area (Å²) in [7, 11) is 1.36. The average Bonchev–Trinajstić information content (AvgIpc) is 3.21. The van der Waals surface area contributed by atoms with Gasteiger partial charge in [0.1, 0.15) is 11.7 Å². The molecular weight excluding hydrogens is 382 g/mol. The van der Waals surface area contributed by atoms with E-state index in [4.69, 9.17) is 9.26 Å². The molecule has 0 bridgehead atoms. The van der Waals surface area contributed by atoms with Gasteiger partial charge in [0.25, 0.3) is 0 Å². The number of aromatic nitrogens is 1. The summed E-state index contributed by atoms with van der Waals surface area (Å²) in [5, 5.41) is 6.76. The molecular formula is C23H23N3O4. The zero-order chi connectivity index (χ0) is 21.1. The minimum atomic E-state index is -0.506. The molecule has 0 saturated heterocycles. The number of nitrogens with one attached hydrogen (secondary N) is 1. The van der Waals surface area contributed by atoms with Gasteiger partial charge in [-0.25, -0.2) is 0 Å². The minimum Gasteiger partial charge on any atom is -0.468 e. The molecule has 1 aliphatic heterocycles. The molecule has 0 spiro atoms. The highest BCUT2D eigenvalue weighted by Gasteiger charge is 2.33. The molecule has 4 rings (SSSR count). The number of hydrogen-bond acceptors (Lipinski definition) is 6. The van der Waals surface area contributed by atoms with Crippen molar-refractivity contribution in [3.05, 3.63) is 71.3 Å². The predicted octanol–water partition coefficient (Wildman–Crippen LogP) is 3.19. The topological polar surface area (TPSA) is 84.7 Å². The summed E-state index contributed by atoms with van der Waals surface area (Å²) in [6, 6.07) is 17.0. The molecule has 1 aromatic heterocycles. The van der Waals surface area contributed by atoms with Crippen LogP contribution in [0.3, 0.4) is 0 Å². The summed E-state index contributed by atoms with van der Waals surface area (Å²) in [4.78, 5) is 26.8. The molecule has 1 atom stereocenters. The van der Waals surface area contributed by atoms with Gasteiger partial charge in [-0.15, -0.1) is 0 Å². The standard InChI is InChI=1S/C23H23N3O4/c1-15-7-9-16(10-8-15)19-12-22(30-25-19)24-21(27)14-26-13-18-6-4-3-5-17(18)11-20(26)23(28)29-2/h3-10,12,20H,11,13-14H2,1-2H3,(H,24,27)/t20-/m0/s1. The van der Waals surface area contributed by atoms with Crippen molar-refractivity contribution in [2.24, 2.45) is 0 Å². The highest BCUT2D eigenvalue weighted by atomic mass is 16.5. The van der Waals surface area contributed by atoms with E-state index in [1.54, 1.807) is 6.07 Å². The highest BCUT2D eigenvalue weighted by molar-refractivity contribution is 5.92. The molecule has 0 saturated carbocycles. The fraction of sp³-hybridized carbons (Fsp3) is 0.261. The van der Waals surface area contributed by atoms with E-state index in [0.29, 0.717) is 18.7 Å². The fourth-order valence-electron chi connectivity index (χ4n) is 3.67. The number of rotatable bonds is 5. The van der Waals surface area contributed by atoms with Crippen LogP contribution in [0, 0.1) is 6.92 Å². The Balaban J connectivity index is 1.45. The van der Waals surface area contributed by atoms with Crippen molar-refractivity contribution >= 4 is 17.8 Å². The largest absolute Gasteiger partial charge is 0.468 e. The van der Waals surface area contributed by atoms with Crippen LogP contribution in [-0.2, 0) is 27.3 Å². The quantitative estimate of drug-likeness (QED) is 0.657. The molecule has 0 radical (unpaired) electrons. The van der Waals surface area contributed by atoms with Crippen molar-refractivity contribution in [1.82, 2.24) is 10.1 Å². The summed E-state index contributed by atoms with van der Waals surface area (Å²) in [5.74, 6) is -0.365. The van der Waals surface area contributed by atoms with E-state index in [-0.39, 0.29) is 24.3 Å². The van der Waals surface area contributed by atoms with Crippen LogP contribution < -0.4 is 5.32 Å². The lowest BCUT2D eigenvalue weighted by Crippen LogP contribution is -2.49. The van der Waals surface area contributed by atoms with E-state index in [0.717, 1.165) is 22.3 Å². The number of ether oxygens (including phenoxy) is 1. The van der Waals surface area contributed by atoms with Gasteiger partial charge in [0, 0.05) is 18.2 Å². The second-order valence-electron chi connectivity index (χ2n) is 7.41. The third-order valence-electron chi connectivity index (χ3n) is 5.29. The van der Waals surface area contributed by atoms with E-state index >= 15 is 0 Å². The number of aryl methyl sites for hydroxylation is 1. The summed E-state index contributed by atoms with van der Waals surface area (Å²) in [6.07, 6.45) is 0.510. The SMILES string of the molecule is COC(=O)[C@@H]1Cc2ccccc2CN1CC(=O)Nc1cc(-c2ccc(C)cc2)no1. The van der Waals surface area contributed by atoms with Gasteiger partial charge in [-0.1, -0.05) is 59.3 Å². The maximum Gasteiger partial charge on any atom is 0.323 e. The van der Waals surface area contributed by atoms with Crippen LogP contribution in [0.4, 0.5) is 5.88 Å². The number of esters is 1. The smallest absolute Gasteiger partial charge is 0.323 e. The average molecular weight is 405 g/mol. The molecule has 30 heavy (non-hydrogen) atoms. The first-order valence-electron chi connectivity index (χ1n) is 9.76. The van der Waals surface area contributed by atoms with E-state index in [1.165, 1.54) is 7.11 Å². The van der Waals surface area contributed by atoms with Crippen molar-refractivity contribution in [1.29, 1.82) is 0 Å². The van der Waals surface area contributed by atoms with Gasteiger partial charge >= 0.3 is 5.97 Å². The Morgan fingerprint density at radius 1 is 1.17 bits per heavy atom. The predicted molar refractivity (Wildman–Crippen MR) is 112 cm³/mol. The lowest BCUT2D eigenvalue weighted by molar-refractivity contribution is -0.148. The zero-order valence-corrected chi connectivity index (χ0v) is 16.9. The van der Waals surface area contributed by atoms with Crippen LogP contribution in [0.25, 0.3) is 11.3 Å². The Morgan fingerprint density at radius 2 is 1.90 bits per heavy atom. The molecule has 154 valence electrons. The summed E-state index contributed by atoms with van der Waals surface area (Å²) in [5.41, 5.74) is 4.90. The number of carbonyl (C=O) groups excluding carboxylic acids is 2. The Hall–Kier alpha value is -3.45. The van der Waals surface area contributed by atoms with Gasteiger partial charge in [0.2, 0.25) is 11.8 Å². The van der Waals surface area contributed by atoms with E-state index in [9.17, 15) is 9.59 Å². The van der Waals surface area contributed by atoms with Crippen molar-refractivity contribution in [3.63, 3.8) is 0 Å². The van der Waals surface area contributed by atoms with Gasteiger partial charge in [0.15, 0.2) is 0 Å². The first-order valence-corrected chi connectivity index (χ1v) is 9.76. The molecule has 2 aromatic carbocycles. The third kappa shape index (κ3) is 4.26. The molecule has 0 aliphatic carbocycles. The third-order valence-corrected chi connectivity index (χ3v) is 5.29. The lowest BCUT2D eigenvalue weighted by atomic mass is 9.94. The Labute approximate surface area is 174 Å². The molecule has 3 aromatic rings. The number of anilines is 1.